The third-order valence-corrected chi connectivity index (χ3v) is 11.8. The maximum atomic E-state index is 14.8. The lowest BCUT2D eigenvalue weighted by Gasteiger charge is -2.46. The molecule has 314 valence electrons. The first kappa shape index (κ1) is 41.3. The normalized spacial score (nSPS) is 19.9. The Bertz CT molecular complexity index is 2250. The van der Waals surface area contributed by atoms with Crippen molar-refractivity contribution in [3.63, 3.8) is 0 Å². The topological polar surface area (TPSA) is 167 Å². The molecule has 19 heteroatoms. The van der Waals surface area contributed by atoms with Crippen LogP contribution in [0.25, 0.3) is 16.9 Å². The van der Waals surface area contributed by atoms with E-state index in [1.54, 1.807) is 42.0 Å². The number of carboxylic acids is 1. The summed E-state index contributed by atoms with van der Waals surface area (Å²) in [6, 6.07) is 8.68. The van der Waals surface area contributed by atoms with Gasteiger partial charge >= 0.3 is 12.1 Å². The lowest BCUT2D eigenvalue weighted by molar-refractivity contribution is -0.929. The van der Waals surface area contributed by atoms with Crippen molar-refractivity contribution in [2.45, 2.75) is 25.9 Å². The Balaban J connectivity index is 0.964. The highest BCUT2D eigenvalue weighted by molar-refractivity contribution is 6.03. The van der Waals surface area contributed by atoms with E-state index in [1.165, 1.54) is 23.7 Å². The fourth-order valence-corrected chi connectivity index (χ4v) is 8.42. The molecule has 0 bridgehead atoms. The Labute approximate surface area is 337 Å². The zero-order valence-corrected chi connectivity index (χ0v) is 33.0. The first-order valence-electron chi connectivity index (χ1n) is 19.5. The van der Waals surface area contributed by atoms with Crippen molar-refractivity contribution in [3.8, 4) is 16.9 Å². The molecule has 2 aromatic carbocycles. The van der Waals surface area contributed by atoms with Crippen LogP contribution in [0.1, 0.15) is 45.1 Å². The van der Waals surface area contributed by atoms with E-state index >= 15 is 0 Å². The number of imidazole rings is 1. The molecule has 59 heavy (non-hydrogen) atoms. The number of carbonyl (C=O) groups is 4. The monoisotopic (exact) mass is 823 g/mol. The van der Waals surface area contributed by atoms with Crippen LogP contribution in [0.5, 0.6) is 0 Å². The van der Waals surface area contributed by atoms with E-state index in [-0.39, 0.29) is 41.5 Å². The molecule has 4 aromatic rings. The van der Waals surface area contributed by atoms with Crippen molar-refractivity contribution in [3.05, 3.63) is 77.3 Å². The lowest BCUT2D eigenvalue weighted by atomic mass is 9.90. The van der Waals surface area contributed by atoms with Gasteiger partial charge in [-0.15, -0.1) is 0 Å². The highest BCUT2D eigenvalue weighted by atomic mass is 19.4. The molecule has 5 heterocycles. The summed E-state index contributed by atoms with van der Waals surface area (Å²) in [5, 5.41) is 21.9. The number of carboxylic acid groups (broad SMARTS) is 1. The first-order valence-corrected chi connectivity index (χ1v) is 19.5. The Hall–Kier alpha value is -5.82. The van der Waals surface area contributed by atoms with Gasteiger partial charge in [-0.25, -0.2) is 18.9 Å². The fourth-order valence-electron chi connectivity index (χ4n) is 8.42. The second-order valence-corrected chi connectivity index (χ2v) is 15.7. The second-order valence-electron chi connectivity index (χ2n) is 15.7. The van der Waals surface area contributed by atoms with Crippen molar-refractivity contribution in [2.24, 2.45) is 18.9 Å². The highest BCUT2D eigenvalue weighted by Crippen LogP contribution is 2.37. The summed E-state index contributed by atoms with van der Waals surface area (Å²) < 4.78 is 59.9. The Kier molecular flexibility index (Phi) is 11.5. The number of piperidine rings is 1. The minimum Gasteiger partial charge on any atom is -0.477 e. The number of quaternary nitrogens is 1. The summed E-state index contributed by atoms with van der Waals surface area (Å²) in [7, 11) is 2.96. The number of aryl methyl sites for hydroxylation is 1. The number of hydrogen-bond donors (Lipinski definition) is 4. The predicted octanol–water partition coefficient (Wildman–Crippen LogP) is 3.85. The molecule has 3 aliphatic rings. The third kappa shape index (κ3) is 8.66. The predicted molar refractivity (Wildman–Crippen MR) is 208 cm³/mol. The van der Waals surface area contributed by atoms with Gasteiger partial charge in [-0.3, -0.25) is 14.4 Å². The summed E-state index contributed by atoms with van der Waals surface area (Å²) in [4.78, 5) is 59.8. The number of piperazine rings is 1. The summed E-state index contributed by atoms with van der Waals surface area (Å²) >= 11 is 0. The number of aromatic nitrogens is 4. The van der Waals surface area contributed by atoms with Crippen LogP contribution in [0.15, 0.2) is 48.8 Å². The van der Waals surface area contributed by atoms with Gasteiger partial charge in [0.2, 0.25) is 5.91 Å². The summed E-state index contributed by atoms with van der Waals surface area (Å²) in [6.45, 7) is 7.16. The Morgan fingerprint density at radius 1 is 0.983 bits per heavy atom. The van der Waals surface area contributed by atoms with Gasteiger partial charge in [-0.1, -0.05) is 0 Å². The van der Waals surface area contributed by atoms with Gasteiger partial charge in [0, 0.05) is 101 Å². The maximum Gasteiger partial charge on any atom is 0.435 e. The SMILES string of the molecule is CNc1ccc(-n2cc(-c3cnc(C(=O)Nc4ccc(C(=O)N5CCN(C(=O)C6CC[N+](CC(=O)O)(CC7CNC7)CC6)CC5)c(C)c4)n3C)c(C(F)(F)F)n2)c(F)c1. The standard InChI is InChI=1S/C40H46F4N10O5/c1-24-16-28(48-37(57)36-47-20-33(50(36)3)30-21-53(49-35(30)40(42,43)44)32-7-5-27(45-2)17-31(32)41)4-6-29(24)39(59)52-12-10-51(11-13-52)38(58)26-8-14-54(15-9-26,23-34(55)56)22-25-18-46-19-25/h4-7,16-17,20-21,25-26,45-46H,8-15,18-19,22-23H2,1-3H3,(H-,48,55,56,57,59)/p+1. The van der Waals surface area contributed by atoms with Crippen LogP contribution in [0, 0.1) is 24.6 Å². The van der Waals surface area contributed by atoms with Crippen LogP contribution in [-0.2, 0) is 22.8 Å². The van der Waals surface area contributed by atoms with Crippen LogP contribution in [0.2, 0.25) is 0 Å². The minimum absolute atomic E-state index is 0.0495. The van der Waals surface area contributed by atoms with Gasteiger partial charge in [-0.05, 0) is 48.9 Å². The molecule has 15 nitrogen and oxygen atoms in total. The third-order valence-electron chi connectivity index (χ3n) is 11.8. The van der Waals surface area contributed by atoms with Gasteiger partial charge < -0.3 is 39.9 Å². The smallest absolute Gasteiger partial charge is 0.435 e. The molecule has 0 saturated carbocycles. The molecule has 3 amide bonds. The average Bonchev–Trinajstić information content (AvgIpc) is 3.80. The molecular formula is C40H47F4N10O5+. The molecule has 0 unspecified atom stereocenters. The number of rotatable bonds is 11. The minimum atomic E-state index is -4.90. The Morgan fingerprint density at radius 3 is 2.25 bits per heavy atom. The molecule has 0 atom stereocenters. The average molecular weight is 824 g/mol. The van der Waals surface area contributed by atoms with E-state index < -0.39 is 35.1 Å². The molecule has 0 radical (unpaired) electrons. The molecule has 7 rings (SSSR count). The van der Waals surface area contributed by atoms with Gasteiger partial charge in [0.1, 0.15) is 5.69 Å². The second kappa shape index (κ2) is 16.4. The van der Waals surface area contributed by atoms with Crippen molar-refractivity contribution >= 4 is 35.1 Å². The number of carbonyl (C=O) groups excluding carboxylic acids is 3. The van der Waals surface area contributed by atoms with Crippen LogP contribution < -0.4 is 16.0 Å². The number of benzene rings is 2. The summed E-state index contributed by atoms with van der Waals surface area (Å²) in [6.07, 6.45) is -1.49. The van der Waals surface area contributed by atoms with Crippen molar-refractivity contribution < 1.29 is 46.3 Å². The zero-order chi connectivity index (χ0) is 42.2. The number of anilines is 2. The number of halogens is 4. The number of likely N-dealkylation sites (tertiary alicyclic amines) is 1. The number of nitrogens with zero attached hydrogens (tertiary/aromatic N) is 7. The van der Waals surface area contributed by atoms with Crippen molar-refractivity contribution in [1.29, 1.82) is 0 Å². The molecule has 3 aliphatic heterocycles. The highest BCUT2D eigenvalue weighted by Gasteiger charge is 2.42. The van der Waals surface area contributed by atoms with E-state index in [1.807, 2.05) is 0 Å². The maximum absolute atomic E-state index is 14.8. The van der Waals surface area contributed by atoms with Gasteiger partial charge in [-0.2, -0.15) is 18.3 Å². The number of aliphatic carboxylic acids is 1. The molecule has 3 fully saturated rings. The van der Waals surface area contributed by atoms with Gasteiger partial charge in [0.15, 0.2) is 23.9 Å². The quantitative estimate of drug-likeness (QED) is 0.130. The largest absolute Gasteiger partial charge is 0.477 e. The first-order chi connectivity index (χ1) is 28.1. The number of hydrogen-bond acceptors (Lipinski definition) is 8. The molecular weight excluding hydrogens is 776 g/mol. The summed E-state index contributed by atoms with van der Waals surface area (Å²) in [5.74, 6) is -2.42. The van der Waals surface area contributed by atoms with Crippen LogP contribution in [-0.4, -0.2) is 135 Å². The fraction of sp³-hybridized carbons (Fsp3) is 0.450. The van der Waals surface area contributed by atoms with E-state index in [0.717, 1.165) is 42.8 Å². The lowest BCUT2D eigenvalue weighted by Crippen LogP contribution is -2.62. The molecule has 0 spiro atoms. The van der Waals surface area contributed by atoms with Crippen molar-refractivity contribution in [1.82, 2.24) is 34.4 Å². The molecule has 4 N–H and O–H groups in total. The van der Waals surface area contributed by atoms with E-state index in [4.69, 9.17) is 0 Å². The van der Waals surface area contributed by atoms with E-state index in [2.05, 4.69) is 26.0 Å². The van der Waals surface area contributed by atoms with E-state index in [9.17, 15) is 41.8 Å². The molecule has 3 saturated heterocycles. The number of alkyl halides is 3. The Morgan fingerprint density at radius 2 is 1.66 bits per heavy atom. The number of nitrogens with one attached hydrogen (secondary N) is 3. The van der Waals surface area contributed by atoms with Crippen LogP contribution in [0.3, 0.4) is 0 Å². The van der Waals surface area contributed by atoms with Crippen LogP contribution >= 0.6 is 0 Å². The van der Waals surface area contributed by atoms with E-state index in [0.29, 0.717) is 85.0 Å². The van der Waals surface area contributed by atoms with Gasteiger partial charge in [0.05, 0.1) is 37.1 Å². The van der Waals surface area contributed by atoms with Gasteiger partial charge in [0.25, 0.3) is 11.8 Å². The number of amides is 3. The summed E-state index contributed by atoms with van der Waals surface area (Å²) in [5.41, 5.74) is -0.223. The zero-order valence-electron chi connectivity index (χ0n) is 33.0. The molecule has 2 aromatic heterocycles. The van der Waals surface area contributed by atoms with Crippen molar-refractivity contribution in [2.75, 3.05) is 83.1 Å². The molecule has 0 aliphatic carbocycles. The van der Waals surface area contributed by atoms with Crippen LogP contribution in [0.4, 0.5) is 28.9 Å².